The van der Waals surface area contributed by atoms with E-state index < -0.39 is 5.78 Å². The van der Waals surface area contributed by atoms with Crippen LogP contribution in [0, 0.1) is 17.0 Å². The summed E-state index contributed by atoms with van der Waals surface area (Å²) in [5, 5.41) is 12.7. The fraction of sp³-hybridized carbons (Fsp3) is 0.0556. The van der Waals surface area contributed by atoms with Gasteiger partial charge in [-0.25, -0.2) is 0 Å². The molecule has 3 rings (SSSR count). The fourth-order valence-electron chi connectivity index (χ4n) is 2.47. The van der Waals surface area contributed by atoms with Crippen molar-refractivity contribution in [2.45, 2.75) is 6.92 Å². The summed E-state index contributed by atoms with van der Waals surface area (Å²) in [5.74, 6) is -0.544. The monoisotopic (exact) mass is 340 g/mol. The molecule has 0 bridgehead atoms. The largest absolute Gasteiger partial charge is 0.805 e. The van der Waals surface area contributed by atoms with Crippen molar-refractivity contribution in [3.63, 3.8) is 0 Å². The molecule has 0 radical (unpaired) electrons. The van der Waals surface area contributed by atoms with Gasteiger partial charge in [0.25, 0.3) is 11.3 Å². The summed E-state index contributed by atoms with van der Waals surface area (Å²) >= 11 is 5.89. The van der Waals surface area contributed by atoms with E-state index in [2.05, 4.69) is 0 Å². The quantitative estimate of drug-likeness (QED) is 0.414. The number of benzene rings is 2. The standard InChI is InChI=1S/C18H13ClN2O3/c1-12-18(17(22)10-7-13-5-3-2-4-6-13)21(24)16-11-14(19)8-9-15(16)20(12)23/h2-11H,1H3/b10-7+. The van der Waals surface area contributed by atoms with E-state index in [0.717, 1.165) is 5.56 Å². The molecule has 1 aromatic heterocycles. The molecule has 3 aromatic rings. The molecule has 0 amide bonds. The number of carbonyl (C=O) groups excluding carboxylic acids is 1. The molecule has 0 fully saturated rings. The van der Waals surface area contributed by atoms with Crippen LogP contribution in [0.25, 0.3) is 17.1 Å². The number of aromatic nitrogens is 2. The lowest BCUT2D eigenvalue weighted by atomic mass is 10.1. The Morgan fingerprint density at radius 1 is 1.21 bits per heavy atom. The van der Waals surface area contributed by atoms with Gasteiger partial charge in [-0.05, 0) is 30.7 Å². The van der Waals surface area contributed by atoms with E-state index in [9.17, 15) is 14.9 Å². The van der Waals surface area contributed by atoms with Gasteiger partial charge in [0.1, 0.15) is 5.52 Å². The zero-order valence-electron chi connectivity index (χ0n) is 12.8. The predicted molar refractivity (Wildman–Crippen MR) is 93.6 cm³/mol. The van der Waals surface area contributed by atoms with E-state index >= 15 is 0 Å². The van der Waals surface area contributed by atoms with Gasteiger partial charge in [0.2, 0.25) is 0 Å². The second kappa shape index (κ2) is 6.29. The molecule has 0 saturated heterocycles. The topological polar surface area (TPSA) is 68.0 Å². The molecule has 0 aliphatic rings. The maximum absolute atomic E-state index is 12.6. The Kier molecular flexibility index (Phi) is 4.18. The maximum Gasteiger partial charge on any atom is 0.329 e. The fourth-order valence-corrected chi connectivity index (χ4v) is 2.63. The van der Waals surface area contributed by atoms with Crippen molar-refractivity contribution in [1.29, 1.82) is 0 Å². The summed E-state index contributed by atoms with van der Waals surface area (Å²) in [6.07, 6.45) is 2.88. The van der Waals surface area contributed by atoms with Gasteiger partial charge >= 0.3 is 5.69 Å². The molecule has 0 saturated carbocycles. The Morgan fingerprint density at radius 3 is 2.62 bits per heavy atom. The van der Waals surface area contributed by atoms with Gasteiger partial charge in [0.05, 0.1) is 10.1 Å². The average Bonchev–Trinajstić information content (AvgIpc) is 2.59. The van der Waals surface area contributed by atoms with Gasteiger partial charge in [-0.15, -0.1) is 0 Å². The third-order valence-corrected chi connectivity index (χ3v) is 3.92. The molecule has 6 heteroatoms. The second-order valence-electron chi connectivity index (χ2n) is 5.26. The summed E-state index contributed by atoms with van der Waals surface area (Å²) in [5.41, 5.74) is 0.865. The molecule has 0 atom stereocenters. The summed E-state index contributed by atoms with van der Waals surface area (Å²) < 4.78 is 1.03. The van der Waals surface area contributed by atoms with E-state index in [1.54, 1.807) is 6.08 Å². The number of carbonyl (C=O) groups is 1. The molecule has 0 unspecified atom stereocenters. The number of nitrogens with zero attached hydrogens (tertiary/aromatic N) is 2. The van der Waals surface area contributed by atoms with Gasteiger partial charge in [-0.3, -0.25) is 4.79 Å². The lowest BCUT2D eigenvalue weighted by molar-refractivity contribution is -0.468. The minimum atomic E-state index is -0.544. The number of ketones is 1. The first-order chi connectivity index (χ1) is 11.5. The Balaban J connectivity index is 2.14. The van der Waals surface area contributed by atoms with Crippen molar-refractivity contribution in [2.24, 2.45) is 0 Å². The summed E-state index contributed by atoms with van der Waals surface area (Å²) in [6.45, 7) is 1.44. The highest BCUT2D eigenvalue weighted by molar-refractivity contribution is 6.31. The normalized spacial score (nSPS) is 11.2. The molecule has 120 valence electrons. The average molecular weight is 341 g/mol. The zero-order chi connectivity index (χ0) is 17.3. The highest BCUT2D eigenvalue weighted by Crippen LogP contribution is 2.19. The van der Waals surface area contributed by atoms with Gasteiger partial charge in [0, 0.05) is 16.0 Å². The third-order valence-electron chi connectivity index (χ3n) is 3.69. The third kappa shape index (κ3) is 2.81. The first kappa shape index (κ1) is 16.0. The molecule has 2 aromatic carbocycles. The SMILES string of the molecule is Cc1c(C(=O)/C=C/c2ccccc2)[n+](=O)c2cc(Cl)ccc2n1[O-]. The van der Waals surface area contributed by atoms with Crippen LogP contribution in [0.1, 0.15) is 21.7 Å². The molecule has 5 nitrogen and oxygen atoms in total. The van der Waals surface area contributed by atoms with Crippen LogP contribution in [-0.4, -0.2) is 10.5 Å². The van der Waals surface area contributed by atoms with E-state index in [1.807, 2.05) is 30.3 Å². The number of halogens is 1. The van der Waals surface area contributed by atoms with Crippen molar-refractivity contribution in [2.75, 3.05) is 0 Å². The Morgan fingerprint density at radius 2 is 1.92 bits per heavy atom. The maximum atomic E-state index is 12.6. The van der Waals surface area contributed by atoms with Crippen molar-refractivity contribution >= 4 is 34.5 Å². The van der Waals surface area contributed by atoms with E-state index in [-0.39, 0.29) is 22.4 Å². The van der Waals surface area contributed by atoms with Crippen LogP contribution >= 0.6 is 11.6 Å². The number of fused-ring (bicyclic) bond motifs is 1. The Bertz CT molecular complexity index is 1020. The van der Waals surface area contributed by atoms with Crippen molar-refractivity contribution in [1.82, 2.24) is 4.73 Å². The number of hydrogen-bond donors (Lipinski definition) is 0. The first-order valence-corrected chi connectivity index (χ1v) is 7.59. The van der Waals surface area contributed by atoms with E-state index in [4.69, 9.17) is 11.6 Å². The highest BCUT2D eigenvalue weighted by atomic mass is 35.5. The zero-order valence-corrected chi connectivity index (χ0v) is 13.5. The van der Waals surface area contributed by atoms with Gasteiger partial charge < -0.3 is 9.94 Å². The minimum Gasteiger partial charge on any atom is -0.805 e. The van der Waals surface area contributed by atoms with E-state index in [0.29, 0.717) is 14.2 Å². The van der Waals surface area contributed by atoms with Crippen LogP contribution in [0.4, 0.5) is 0 Å². The smallest absolute Gasteiger partial charge is 0.329 e. The van der Waals surface area contributed by atoms with Crippen molar-refractivity contribution in [3.8, 4) is 0 Å². The van der Waals surface area contributed by atoms with Crippen LogP contribution in [0.5, 0.6) is 0 Å². The molecule has 1 heterocycles. The number of rotatable bonds is 3. The molecular weight excluding hydrogens is 328 g/mol. The van der Waals surface area contributed by atoms with Crippen molar-refractivity contribution in [3.05, 3.63) is 86.7 Å². The Hall–Kier alpha value is -2.92. The van der Waals surface area contributed by atoms with Gasteiger partial charge in [-0.2, -0.15) is 0 Å². The Labute approximate surface area is 142 Å². The van der Waals surface area contributed by atoms with Gasteiger partial charge in [-0.1, -0.05) is 48.0 Å². The van der Waals surface area contributed by atoms with Crippen molar-refractivity contribution < 1.29 is 9.22 Å². The predicted octanol–water partition coefficient (Wildman–Crippen LogP) is 3.76. The van der Waals surface area contributed by atoms with Crippen LogP contribution in [0.15, 0.2) is 54.6 Å². The molecule has 24 heavy (non-hydrogen) atoms. The second-order valence-corrected chi connectivity index (χ2v) is 5.70. The molecule has 0 aliphatic carbocycles. The number of allylic oxidation sites excluding steroid dienone is 1. The molecule has 0 spiro atoms. The van der Waals surface area contributed by atoms with Crippen LogP contribution in [-0.2, 0) is 0 Å². The molecule has 0 aliphatic heterocycles. The minimum absolute atomic E-state index is 0.0440. The van der Waals surface area contributed by atoms with Crippen LogP contribution in [0.3, 0.4) is 0 Å². The lowest BCUT2D eigenvalue weighted by Gasteiger charge is -2.15. The lowest BCUT2D eigenvalue weighted by Crippen LogP contribution is -2.29. The number of hydrogen-bond acceptors (Lipinski definition) is 3. The molecule has 0 N–H and O–H groups in total. The summed E-state index contributed by atoms with van der Waals surface area (Å²) in [7, 11) is 0. The van der Waals surface area contributed by atoms with E-state index in [1.165, 1.54) is 31.2 Å². The van der Waals surface area contributed by atoms with Gasteiger partial charge in [0.15, 0.2) is 0 Å². The summed E-state index contributed by atoms with van der Waals surface area (Å²) in [6, 6.07) is 13.6. The van der Waals surface area contributed by atoms with Crippen LogP contribution in [0.2, 0.25) is 5.02 Å². The molecular formula is C18H13ClN2O3. The van der Waals surface area contributed by atoms with Crippen LogP contribution < -0.4 is 4.43 Å². The summed E-state index contributed by atoms with van der Waals surface area (Å²) in [4.78, 5) is 25.0. The highest BCUT2D eigenvalue weighted by Gasteiger charge is 2.25. The first-order valence-electron chi connectivity index (χ1n) is 7.21.